The second kappa shape index (κ2) is 6.99. The number of hydrogen-bond acceptors (Lipinski definition) is 4. The zero-order valence-corrected chi connectivity index (χ0v) is 14.5. The van der Waals surface area contributed by atoms with Gasteiger partial charge in [0.15, 0.2) is 0 Å². The molecule has 0 bridgehead atoms. The summed E-state index contributed by atoms with van der Waals surface area (Å²) < 4.78 is 0. The molecule has 3 rings (SSSR count). The lowest BCUT2D eigenvalue weighted by Gasteiger charge is -2.30. The van der Waals surface area contributed by atoms with Crippen LogP contribution >= 0.6 is 0 Å². The highest BCUT2D eigenvalue weighted by Crippen LogP contribution is 2.32. The van der Waals surface area contributed by atoms with Gasteiger partial charge in [-0.05, 0) is 44.7 Å². The number of nitrogens with one attached hydrogen (secondary N) is 1. The van der Waals surface area contributed by atoms with E-state index in [1.165, 1.54) is 11.3 Å². The quantitative estimate of drug-likeness (QED) is 0.936. The van der Waals surface area contributed by atoms with Gasteiger partial charge in [0, 0.05) is 24.3 Å². The number of rotatable bonds is 4. The molecule has 5 heteroatoms. The summed E-state index contributed by atoms with van der Waals surface area (Å²) in [6.45, 7) is 6.78. The molecule has 1 atom stereocenters. The van der Waals surface area contributed by atoms with Crippen molar-refractivity contribution in [1.29, 1.82) is 0 Å². The highest BCUT2D eigenvalue weighted by Gasteiger charge is 2.21. The van der Waals surface area contributed by atoms with Gasteiger partial charge in [0.05, 0.1) is 0 Å². The average Bonchev–Trinajstić information content (AvgIpc) is 2.60. The zero-order chi connectivity index (χ0) is 17.1. The number of amides is 1. The van der Waals surface area contributed by atoms with Gasteiger partial charge in [0.2, 0.25) is 0 Å². The number of carbonyl (C=O) groups is 1. The molecule has 1 aliphatic rings. The van der Waals surface area contributed by atoms with Crippen LogP contribution < -0.4 is 10.2 Å². The SMILES string of the molecule is CCC(C)NC(=O)c1cc(N2CCCc3ccccc32)nc(C)n1. The van der Waals surface area contributed by atoms with E-state index < -0.39 is 0 Å². The Kier molecular flexibility index (Phi) is 4.79. The van der Waals surface area contributed by atoms with Gasteiger partial charge in [-0.2, -0.15) is 0 Å². The first-order valence-corrected chi connectivity index (χ1v) is 8.60. The van der Waals surface area contributed by atoms with Crippen LogP contribution in [-0.2, 0) is 6.42 Å². The number of hydrogen-bond donors (Lipinski definition) is 1. The summed E-state index contributed by atoms with van der Waals surface area (Å²) in [6.07, 6.45) is 3.05. The molecule has 0 aliphatic carbocycles. The predicted octanol–water partition coefficient (Wildman–Crippen LogP) is 3.40. The Hall–Kier alpha value is -2.43. The smallest absolute Gasteiger partial charge is 0.270 e. The second-order valence-electron chi connectivity index (χ2n) is 6.33. The Morgan fingerprint density at radius 3 is 2.92 bits per heavy atom. The van der Waals surface area contributed by atoms with Gasteiger partial charge >= 0.3 is 0 Å². The van der Waals surface area contributed by atoms with Crippen LogP contribution in [0, 0.1) is 6.92 Å². The van der Waals surface area contributed by atoms with Crippen LogP contribution in [0.1, 0.15) is 48.6 Å². The van der Waals surface area contributed by atoms with Crippen molar-refractivity contribution in [3.05, 3.63) is 47.4 Å². The summed E-state index contributed by atoms with van der Waals surface area (Å²) in [5.74, 6) is 1.27. The van der Waals surface area contributed by atoms with E-state index in [4.69, 9.17) is 0 Å². The molecule has 0 spiro atoms. The van der Waals surface area contributed by atoms with Gasteiger partial charge < -0.3 is 10.2 Å². The molecule has 0 fully saturated rings. The van der Waals surface area contributed by atoms with Crippen LogP contribution in [0.2, 0.25) is 0 Å². The Morgan fingerprint density at radius 1 is 1.33 bits per heavy atom. The average molecular weight is 324 g/mol. The Balaban J connectivity index is 1.94. The van der Waals surface area contributed by atoms with Crippen LogP contribution in [0.15, 0.2) is 30.3 Å². The van der Waals surface area contributed by atoms with E-state index in [2.05, 4.69) is 38.4 Å². The second-order valence-corrected chi connectivity index (χ2v) is 6.33. The van der Waals surface area contributed by atoms with E-state index in [0.717, 1.165) is 31.6 Å². The number of para-hydroxylation sites is 1. The van der Waals surface area contributed by atoms with Crippen molar-refractivity contribution in [2.24, 2.45) is 0 Å². The van der Waals surface area contributed by atoms with E-state index in [1.54, 1.807) is 6.07 Å². The van der Waals surface area contributed by atoms with Crippen molar-refractivity contribution in [1.82, 2.24) is 15.3 Å². The Morgan fingerprint density at radius 2 is 2.12 bits per heavy atom. The van der Waals surface area contributed by atoms with E-state index in [1.807, 2.05) is 26.8 Å². The summed E-state index contributed by atoms with van der Waals surface area (Å²) in [5, 5.41) is 2.97. The normalized spacial score (nSPS) is 14.9. The van der Waals surface area contributed by atoms with Crippen molar-refractivity contribution in [3.8, 4) is 0 Å². The summed E-state index contributed by atoms with van der Waals surface area (Å²) >= 11 is 0. The van der Waals surface area contributed by atoms with Gasteiger partial charge in [-0.3, -0.25) is 4.79 Å². The molecule has 1 aromatic carbocycles. The molecule has 2 aromatic rings. The molecule has 1 aromatic heterocycles. The predicted molar refractivity (Wildman–Crippen MR) is 95.8 cm³/mol. The highest BCUT2D eigenvalue weighted by molar-refractivity contribution is 5.93. The Bertz CT molecular complexity index is 744. The maximum atomic E-state index is 12.4. The molecule has 5 nitrogen and oxygen atoms in total. The fourth-order valence-corrected chi connectivity index (χ4v) is 2.98. The first-order chi connectivity index (χ1) is 11.6. The van der Waals surface area contributed by atoms with Crippen molar-refractivity contribution >= 4 is 17.4 Å². The molecular formula is C19H24N4O. The van der Waals surface area contributed by atoms with Gasteiger partial charge in [0.1, 0.15) is 17.3 Å². The fourth-order valence-electron chi connectivity index (χ4n) is 2.98. The summed E-state index contributed by atoms with van der Waals surface area (Å²) in [5.41, 5.74) is 2.93. The monoisotopic (exact) mass is 324 g/mol. The van der Waals surface area contributed by atoms with Crippen molar-refractivity contribution in [2.45, 2.75) is 46.1 Å². The van der Waals surface area contributed by atoms with E-state index in [-0.39, 0.29) is 11.9 Å². The summed E-state index contributed by atoms with van der Waals surface area (Å²) in [7, 11) is 0. The molecule has 1 aliphatic heterocycles. The fraction of sp³-hybridized carbons (Fsp3) is 0.421. The molecule has 126 valence electrons. The highest BCUT2D eigenvalue weighted by atomic mass is 16.1. The van der Waals surface area contributed by atoms with Gasteiger partial charge in [-0.1, -0.05) is 25.1 Å². The van der Waals surface area contributed by atoms with Crippen molar-refractivity contribution in [3.63, 3.8) is 0 Å². The van der Waals surface area contributed by atoms with Gasteiger partial charge in [-0.25, -0.2) is 9.97 Å². The van der Waals surface area contributed by atoms with Crippen molar-refractivity contribution < 1.29 is 4.79 Å². The van der Waals surface area contributed by atoms with Crippen LogP contribution in [0.3, 0.4) is 0 Å². The summed E-state index contributed by atoms with van der Waals surface area (Å²) in [4.78, 5) is 23.5. The number of benzene rings is 1. The third-order valence-corrected chi connectivity index (χ3v) is 4.43. The topological polar surface area (TPSA) is 58.1 Å². The Labute approximate surface area is 143 Å². The third kappa shape index (κ3) is 3.40. The lowest BCUT2D eigenvalue weighted by atomic mass is 10.0. The maximum Gasteiger partial charge on any atom is 0.270 e. The summed E-state index contributed by atoms with van der Waals surface area (Å²) in [6, 6.07) is 10.3. The van der Waals surface area contributed by atoms with E-state index in [0.29, 0.717) is 11.5 Å². The van der Waals surface area contributed by atoms with Gasteiger partial charge in [-0.15, -0.1) is 0 Å². The molecule has 24 heavy (non-hydrogen) atoms. The molecular weight excluding hydrogens is 300 g/mol. The molecule has 1 unspecified atom stereocenters. The lowest BCUT2D eigenvalue weighted by molar-refractivity contribution is 0.0934. The minimum atomic E-state index is -0.138. The van der Waals surface area contributed by atoms with Gasteiger partial charge in [0.25, 0.3) is 5.91 Å². The number of nitrogens with zero attached hydrogens (tertiary/aromatic N) is 3. The number of fused-ring (bicyclic) bond motifs is 1. The largest absolute Gasteiger partial charge is 0.348 e. The zero-order valence-electron chi connectivity index (χ0n) is 14.5. The van der Waals surface area contributed by atoms with E-state index >= 15 is 0 Å². The van der Waals surface area contributed by atoms with E-state index in [9.17, 15) is 4.79 Å². The lowest BCUT2D eigenvalue weighted by Crippen LogP contribution is -2.33. The number of aromatic nitrogens is 2. The molecule has 1 N–H and O–H groups in total. The van der Waals surface area contributed by atoms with Crippen LogP contribution in [-0.4, -0.2) is 28.5 Å². The maximum absolute atomic E-state index is 12.4. The van der Waals surface area contributed by atoms with Crippen LogP contribution in [0.25, 0.3) is 0 Å². The molecule has 0 saturated carbocycles. The minimum absolute atomic E-state index is 0.131. The molecule has 1 amide bonds. The van der Waals surface area contributed by atoms with Crippen molar-refractivity contribution in [2.75, 3.05) is 11.4 Å². The number of carbonyl (C=O) groups excluding carboxylic acids is 1. The van der Waals surface area contributed by atoms with Crippen LogP contribution in [0.5, 0.6) is 0 Å². The standard InChI is InChI=1S/C19H24N4O/c1-4-13(2)20-19(24)16-12-18(22-14(3)21-16)23-11-7-9-15-8-5-6-10-17(15)23/h5-6,8,10,12-13H,4,7,9,11H2,1-3H3,(H,20,24). The number of anilines is 2. The first-order valence-electron chi connectivity index (χ1n) is 8.60. The van der Waals surface area contributed by atoms with Crippen LogP contribution in [0.4, 0.5) is 11.5 Å². The third-order valence-electron chi connectivity index (χ3n) is 4.43. The number of aryl methyl sites for hydroxylation is 2. The first kappa shape index (κ1) is 16.4. The minimum Gasteiger partial charge on any atom is -0.348 e. The molecule has 0 saturated heterocycles. The molecule has 2 heterocycles. The molecule has 0 radical (unpaired) electrons.